The molecule has 0 radical (unpaired) electrons. The number of likely N-dealkylation sites (N-methyl/N-ethyl adjacent to an activating group) is 1. The van der Waals surface area contributed by atoms with Gasteiger partial charge in [0, 0.05) is 24.1 Å². The van der Waals surface area contributed by atoms with Crippen molar-refractivity contribution >= 4 is 0 Å². The van der Waals surface area contributed by atoms with Crippen molar-refractivity contribution in [2.45, 2.75) is 26.4 Å². The van der Waals surface area contributed by atoms with E-state index in [1.807, 2.05) is 7.05 Å². The summed E-state index contributed by atoms with van der Waals surface area (Å²) in [5.41, 5.74) is 6.09. The van der Waals surface area contributed by atoms with Crippen LogP contribution in [0.4, 0.5) is 0 Å². The summed E-state index contributed by atoms with van der Waals surface area (Å²) in [5.74, 6) is 1.90. The normalized spacial score (nSPS) is 16.3. The van der Waals surface area contributed by atoms with Gasteiger partial charge in [0.2, 0.25) is 0 Å². The maximum absolute atomic E-state index is 6.21. The van der Waals surface area contributed by atoms with Crippen LogP contribution in [0, 0.1) is 13.8 Å². The van der Waals surface area contributed by atoms with E-state index in [1.165, 1.54) is 22.3 Å². The summed E-state index contributed by atoms with van der Waals surface area (Å²) >= 11 is 0. The molecule has 3 heteroatoms. The van der Waals surface area contributed by atoms with Gasteiger partial charge in [-0.2, -0.15) is 0 Å². The molecule has 0 spiro atoms. The summed E-state index contributed by atoms with van der Waals surface area (Å²) in [5, 5.41) is 3.20. The van der Waals surface area contributed by atoms with Gasteiger partial charge >= 0.3 is 0 Å². The summed E-state index contributed by atoms with van der Waals surface area (Å²) in [6.07, 6.45) is 1.11. The number of hydrogen-bond acceptors (Lipinski definition) is 3. The van der Waals surface area contributed by atoms with Crippen molar-refractivity contribution in [3.8, 4) is 22.6 Å². The van der Waals surface area contributed by atoms with E-state index in [0.29, 0.717) is 0 Å². The van der Waals surface area contributed by atoms with Crippen molar-refractivity contribution in [1.82, 2.24) is 5.32 Å². The van der Waals surface area contributed by atoms with E-state index in [0.717, 1.165) is 30.0 Å². The highest BCUT2D eigenvalue weighted by Gasteiger charge is 2.27. The van der Waals surface area contributed by atoms with Gasteiger partial charge in [-0.05, 0) is 44.2 Å². The van der Waals surface area contributed by atoms with Crippen LogP contribution in [0.5, 0.6) is 11.5 Å². The molecule has 3 rings (SSSR count). The van der Waals surface area contributed by atoms with Crippen LogP contribution in [-0.2, 0) is 6.42 Å². The minimum absolute atomic E-state index is 0.191. The third kappa shape index (κ3) is 2.69. The Morgan fingerprint density at radius 2 is 2.00 bits per heavy atom. The zero-order valence-corrected chi connectivity index (χ0v) is 13.7. The van der Waals surface area contributed by atoms with Crippen molar-refractivity contribution in [3.05, 3.63) is 47.0 Å². The first-order valence-electron chi connectivity index (χ1n) is 7.72. The van der Waals surface area contributed by atoms with E-state index < -0.39 is 0 Å². The summed E-state index contributed by atoms with van der Waals surface area (Å²) in [7, 11) is 3.67. The van der Waals surface area contributed by atoms with Crippen molar-refractivity contribution in [1.29, 1.82) is 0 Å². The molecule has 0 saturated heterocycles. The Kier molecular flexibility index (Phi) is 4.08. The van der Waals surface area contributed by atoms with Crippen molar-refractivity contribution in [2.24, 2.45) is 0 Å². The molecule has 1 heterocycles. The van der Waals surface area contributed by atoms with E-state index in [9.17, 15) is 0 Å². The Labute approximate surface area is 132 Å². The van der Waals surface area contributed by atoms with Crippen LogP contribution in [-0.4, -0.2) is 26.8 Å². The largest absolute Gasteiger partial charge is 0.497 e. The van der Waals surface area contributed by atoms with Gasteiger partial charge in [0.25, 0.3) is 0 Å². The maximum Gasteiger partial charge on any atom is 0.131 e. The van der Waals surface area contributed by atoms with Gasteiger partial charge in [-0.15, -0.1) is 0 Å². The molecule has 22 heavy (non-hydrogen) atoms. The highest BCUT2D eigenvalue weighted by atomic mass is 16.5. The number of benzene rings is 2. The van der Waals surface area contributed by atoms with Crippen molar-refractivity contribution < 1.29 is 9.47 Å². The number of nitrogens with one attached hydrogen (secondary N) is 1. The van der Waals surface area contributed by atoms with Gasteiger partial charge in [0.05, 0.1) is 7.11 Å². The number of ether oxygens (including phenoxy) is 2. The van der Waals surface area contributed by atoms with Gasteiger partial charge in [0.15, 0.2) is 0 Å². The molecule has 0 saturated carbocycles. The van der Waals surface area contributed by atoms with Crippen LogP contribution in [0.3, 0.4) is 0 Å². The fraction of sp³-hybridized carbons (Fsp3) is 0.368. The minimum atomic E-state index is 0.191. The molecule has 0 aromatic heterocycles. The second-order valence-corrected chi connectivity index (χ2v) is 5.98. The first kappa shape index (κ1) is 14.9. The number of rotatable bonds is 4. The summed E-state index contributed by atoms with van der Waals surface area (Å²) < 4.78 is 11.7. The van der Waals surface area contributed by atoms with Gasteiger partial charge in [0.1, 0.15) is 17.6 Å². The molecule has 3 nitrogen and oxygen atoms in total. The Morgan fingerprint density at radius 1 is 1.18 bits per heavy atom. The predicted molar refractivity (Wildman–Crippen MR) is 90.0 cm³/mol. The van der Waals surface area contributed by atoms with E-state index in [2.05, 4.69) is 49.5 Å². The van der Waals surface area contributed by atoms with Crippen LogP contribution in [0.1, 0.15) is 16.7 Å². The summed E-state index contributed by atoms with van der Waals surface area (Å²) in [6.45, 7) is 5.11. The van der Waals surface area contributed by atoms with Crippen LogP contribution < -0.4 is 14.8 Å². The lowest BCUT2D eigenvalue weighted by atomic mass is 9.95. The Bertz CT molecular complexity index is 694. The Hall–Kier alpha value is -2.00. The summed E-state index contributed by atoms with van der Waals surface area (Å²) in [6, 6.07) is 10.7. The lowest BCUT2D eigenvalue weighted by molar-refractivity contribution is 0.232. The van der Waals surface area contributed by atoms with Crippen LogP contribution >= 0.6 is 0 Å². The Morgan fingerprint density at radius 3 is 2.73 bits per heavy atom. The van der Waals surface area contributed by atoms with E-state index in [-0.39, 0.29) is 6.10 Å². The lowest BCUT2D eigenvalue weighted by Gasteiger charge is -2.15. The molecule has 1 unspecified atom stereocenters. The van der Waals surface area contributed by atoms with Crippen molar-refractivity contribution in [3.63, 3.8) is 0 Å². The third-order valence-corrected chi connectivity index (χ3v) is 4.22. The second kappa shape index (κ2) is 6.01. The highest BCUT2D eigenvalue weighted by Crippen LogP contribution is 2.42. The molecule has 0 bridgehead atoms. The molecule has 2 aromatic rings. The zero-order valence-electron chi connectivity index (χ0n) is 13.7. The zero-order chi connectivity index (χ0) is 15.7. The van der Waals surface area contributed by atoms with Gasteiger partial charge in [-0.3, -0.25) is 0 Å². The molecule has 1 aliphatic rings. The number of aryl methyl sites for hydroxylation is 2. The molecule has 2 aromatic carbocycles. The smallest absolute Gasteiger partial charge is 0.131 e. The molecular weight excluding hydrogens is 274 g/mol. The predicted octanol–water partition coefficient (Wildman–Crippen LogP) is 3.50. The third-order valence-electron chi connectivity index (χ3n) is 4.22. The maximum atomic E-state index is 6.21. The highest BCUT2D eigenvalue weighted by molar-refractivity contribution is 5.77. The molecule has 0 fully saturated rings. The Balaban J connectivity index is 2.12. The molecule has 0 amide bonds. The molecule has 0 aliphatic carbocycles. The van der Waals surface area contributed by atoms with E-state index in [4.69, 9.17) is 9.47 Å². The molecule has 1 N–H and O–H groups in total. The van der Waals surface area contributed by atoms with E-state index >= 15 is 0 Å². The molecule has 1 atom stereocenters. The molecular formula is C19H23NO2. The lowest BCUT2D eigenvalue weighted by Crippen LogP contribution is -2.27. The topological polar surface area (TPSA) is 30.5 Å². The average molecular weight is 297 g/mol. The van der Waals surface area contributed by atoms with Gasteiger partial charge in [-0.25, -0.2) is 0 Å². The van der Waals surface area contributed by atoms with Gasteiger partial charge in [-0.1, -0.05) is 23.8 Å². The first-order chi connectivity index (χ1) is 10.6. The molecule has 116 valence electrons. The van der Waals surface area contributed by atoms with Crippen molar-refractivity contribution in [2.75, 3.05) is 20.7 Å². The number of methoxy groups -OCH3 is 1. The number of fused-ring (bicyclic) bond motifs is 1. The van der Waals surface area contributed by atoms with Crippen LogP contribution in [0.15, 0.2) is 30.3 Å². The fourth-order valence-corrected chi connectivity index (χ4v) is 3.09. The molecule has 1 aliphatic heterocycles. The van der Waals surface area contributed by atoms with Crippen LogP contribution in [0.25, 0.3) is 11.1 Å². The van der Waals surface area contributed by atoms with E-state index in [1.54, 1.807) is 7.11 Å². The standard InChI is InChI=1S/C19H23NO2/c1-12-5-6-13(2)17(7-12)18-10-15(21-4)8-14-9-16(11-20-3)22-19(14)18/h5-8,10,16,20H,9,11H2,1-4H3. The number of hydrogen-bond donors (Lipinski definition) is 1. The van der Waals surface area contributed by atoms with Gasteiger partial charge < -0.3 is 14.8 Å². The first-order valence-corrected chi connectivity index (χ1v) is 7.72. The SMILES string of the molecule is CNCC1Cc2cc(OC)cc(-c3cc(C)ccc3C)c2O1. The second-order valence-electron chi connectivity index (χ2n) is 5.98. The minimum Gasteiger partial charge on any atom is -0.497 e. The van der Waals surface area contributed by atoms with Crippen LogP contribution in [0.2, 0.25) is 0 Å². The average Bonchev–Trinajstić information content (AvgIpc) is 2.91. The summed E-state index contributed by atoms with van der Waals surface area (Å²) in [4.78, 5) is 0. The monoisotopic (exact) mass is 297 g/mol. The fourth-order valence-electron chi connectivity index (χ4n) is 3.09. The quantitative estimate of drug-likeness (QED) is 0.937.